The van der Waals surface area contributed by atoms with Gasteiger partial charge in [-0.2, -0.15) is 0 Å². The third-order valence-corrected chi connectivity index (χ3v) is 11.2. The number of para-hydroxylation sites is 2. The Kier molecular flexibility index (Phi) is 8.45. The van der Waals surface area contributed by atoms with Crippen LogP contribution in [-0.4, -0.2) is 19.5 Å². The molecule has 0 unspecified atom stereocenters. The van der Waals surface area contributed by atoms with Gasteiger partial charge in [0.05, 0.1) is 16.7 Å². The van der Waals surface area contributed by atoms with Gasteiger partial charge in [-0.1, -0.05) is 188 Å². The van der Waals surface area contributed by atoms with Crippen molar-refractivity contribution in [3.05, 3.63) is 218 Å². The van der Waals surface area contributed by atoms with Gasteiger partial charge in [0.25, 0.3) is 0 Å². The Morgan fingerprint density at radius 1 is 0.271 bits per heavy atom. The van der Waals surface area contributed by atoms with Crippen LogP contribution in [0.3, 0.4) is 0 Å². The predicted octanol–water partition coefficient (Wildman–Crippen LogP) is 14.1. The molecule has 59 heavy (non-hydrogen) atoms. The van der Waals surface area contributed by atoms with Crippen molar-refractivity contribution in [2.75, 3.05) is 0 Å². The molecule has 276 valence electrons. The lowest BCUT2D eigenvalue weighted by atomic mass is 9.92. The van der Waals surface area contributed by atoms with Crippen molar-refractivity contribution in [1.82, 2.24) is 19.5 Å². The van der Waals surface area contributed by atoms with Crippen LogP contribution in [0.25, 0.3) is 106 Å². The number of aromatic nitrogens is 4. The van der Waals surface area contributed by atoms with Crippen molar-refractivity contribution in [3.63, 3.8) is 0 Å². The second-order valence-electron chi connectivity index (χ2n) is 14.8. The van der Waals surface area contributed by atoms with Crippen LogP contribution in [0.2, 0.25) is 0 Å². The van der Waals surface area contributed by atoms with E-state index in [-0.39, 0.29) is 0 Å². The van der Waals surface area contributed by atoms with E-state index in [9.17, 15) is 0 Å². The zero-order valence-electron chi connectivity index (χ0n) is 32.1. The van der Waals surface area contributed by atoms with Gasteiger partial charge in [0.15, 0.2) is 17.5 Å². The highest BCUT2D eigenvalue weighted by molar-refractivity contribution is 6.13. The summed E-state index contributed by atoms with van der Waals surface area (Å²) >= 11 is 0. The van der Waals surface area contributed by atoms with E-state index in [0.717, 1.165) is 66.4 Å². The van der Waals surface area contributed by atoms with E-state index in [1.54, 1.807) is 0 Å². The first-order chi connectivity index (χ1) is 29.3. The Labute approximate surface area is 342 Å². The fraction of sp³-hybridized carbons (Fsp3) is 0. The third kappa shape index (κ3) is 6.15. The van der Waals surface area contributed by atoms with Crippen molar-refractivity contribution >= 4 is 32.6 Å². The highest BCUT2D eigenvalue weighted by atomic mass is 15.0. The molecule has 0 spiro atoms. The fourth-order valence-corrected chi connectivity index (χ4v) is 8.50. The van der Waals surface area contributed by atoms with Crippen LogP contribution in [0, 0.1) is 0 Å². The van der Waals surface area contributed by atoms with Crippen LogP contribution in [0.1, 0.15) is 0 Å². The molecule has 0 aliphatic heterocycles. The lowest BCUT2D eigenvalue weighted by molar-refractivity contribution is 1.07. The van der Waals surface area contributed by atoms with E-state index in [2.05, 4.69) is 205 Å². The average molecular weight is 753 g/mol. The van der Waals surface area contributed by atoms with E-state index < -0.39 is 0 Å². The molecule has 4 heteroatoms. The molecule has 0 saturated heterocycles. The Morgan fingerprint density at radius 2 is 0.678 bits per heavy atom. The molecule has 0 fully saturated rings. The third-order valence-electron chi connectivity index (χ3n) is 11.2. The van der Waals surface area contributed by atoms with E-state index in [0.29, 0.717) is 17.5 Å². The van der Waals surface area contributed by atoms with Crippen molar-refractivity contribution in [2.45, 2.75) is 0 Å². The summed E-state index contributed by atoms with van der Waals surface area (Å²) in [6, 6.07) is 77.0. The van der Waals surface area contributed by atoms with Crippen LogP contribution in [-0.2, 0) is 0 Å². The minimum Gasteiger partial charge on any atom is -0.309 e. The van der Waals surface area contributed by atoms with Gasteiger partial charge in [0.1, 0.15) is 0 Å². The number of rotatable bonds is 7. The van der Waals surface area contributed by atoms with Gasteiger partial charge in [-0.25, -0.2) is 15.0 Å². The van der Waals surface area contributed by atoms with Crippen molar-refractivity contribution in [3.8, 4) is 73.2 Å². The first kappa shape index (κ1) is 34.3. The summed E-state index contributed by atoms with van der Waals surface area (Å²) in [5.74, 6) is 1.85. The quantitative estimate of drug-likeness (QED) is 0.163. The van der Waals surface area contributed by atoms with Crippen LogP contribution < -0.4 is 0 Å². The molecule has 9 aromatic carbocycles. The maximum Gasteiger partial charge on any atom is 0.164 e. The van der Waals surface area contributed by atoms with Crippen molar-refractivity contribution in [2.24, 2.45) is 0 Å². The molecule has 4 nitrogen and oxygen atoms in total. The highest BCUT2D eigenvalue weighted by Crippen LogP contribution is 2.43. The zero-order chi connectivity index (χ0) is 39.1. The van der Waals surface area contributed by atoms with E-state index in [1.807, 2.05) is 18.2 Å². The normalized spacial score (nSPS) is 11.4. The summed E-state index contributed by atoms with van der Waals surface area (Å²) in [5.41, 5.74) is 13.0. The summed E-state index contributed by atoms with van der Waals surface area (Å²) in [7, 11) is 0. The standard InChI is InChI=1S/C55H36N4/c1-4-18-37(19-5-1)40-24-16-25-41(34-40)42-26-17-27-43(35-42)54-56-53(39-22-8-3-9-23-39)57-55(58-54)48-36-51(52(38-20-6-2-7-21-38)47-31-11-10-28-44(47)48)59-49-32-14-12-29-45(49)46-30-13-15-33-50(46)59/h1-36H. The van der Waals surface area contributed by atoms with Crippen LogP contribution >= 0.6 is 0 Å². The van der Waals surface area contributed by atoms with Crippen LogP contribution in [0.5, 0.6) is 0 Å². The van der Waals surface area contributed by atoms with E-state index in [1.165, 1.54) is 21.9 Å². The topological polar surface area (TPSA) is 43.6 Å². The summed E-state index contributed by atoms with van der Waals surface area (Å²) < 4.78 is 2.41. The lowest BCUT2D eigenvalue weighted by Gasteiger charge is -2.20. The number of benzene rings is 9. The maximum absolute atomic E-state index is 5.37. The molecule has 11 rings (SSSR count). The lowest BCUT2D eigenvalue weighted by Crippen LogP contribution is -2.03. The van der Waals surface area contributed by atoms with Gasteiger partial charge < -0.3 is 4.57 Å². The molecule has 0 N–H and O–H groups in total. The largest absolute Gasteiger partial charge is 0.309 e. The molecular weight excluding hydrogens is 717 g/mol. The molecule has 0 atom stereocenters. The van der Waals surface area contributed by atoms with Gasteiger partial charge in [0.2, 0.25) is 0 Å². The molecule has 0 saturated carbocycles. The predicted molar refractivity (Wildman–Crippen MR) is 244 cm³/mol. The summed E-state index contributed by atoms with van der Waals surface area (Å²) in [5, 5.41) is 4.61. The molecule has 0 amide bonds. The maximum atomic E-state index is 5.37. The summed E-state index contributed by atoms with van der Waals surface area (Å²) in [4.78, 5) is 15.8. The number of hydrogen-bond acceptors (Lipinski definition) is 3. The van der Waals surface area contributed by atoms with Gasteiger partial charge in [-0.3, -0.25) is 0 Å². The minimum atomic E-state index is 0.614. The van der Waals surface area contributed by atoms with E-state index >= 15 is 0 Å². The SMILES string of the molecule is c1ccc(-c2cccc(-c3cccc(-c4nc(-c5ccccc5)nc(-c5cc(-n6c7ccccc7c7ccccc76)c(-c6ccccc6)c6ccccc56)n4)c3)c2)cc1. The van der Waals surface area contributed by atoms with Gasteiger partial charge in [-0.15, -0.1) is 0 Å². The summed E-state index contributed by atoms with van der Waals surface area (Å²) in [6.07, 6.45) is 0. The Morgan fingerprint density at radius 3 is 1.29 bits per heavy atom. The number of fused-ring (bicyclic) bond motifs is 4. The molecule has 2 heterocycles. The minimum absolute atomic E-state index is 0.614. The van der Waals surface area contributed by atoms with Crippen molar-refractivity contribution in [1.29, 1.82) is 0 Å². The van der Waals surface area contributed by atoms with Crippen LogP contribution in [0.15, 0.2) is 218 Å². The Balaban J connectivity index is 1.17. The molecule has 2 aromatic heterocycles. The molecule has 0 radical (unpaired) electrons. The second-order valence-corrected chi connectivity index (χ2v) is 14.8. The smallest absolute Gasteiger partial charge is 0.164 e. The van der Waals surface area contributed by atoms with Crippen molar-refractivity contribution < 1.29 is 0 Å². The molecule has 0 bridgehead atoms. The molecule has 0 aliphatic rings. The zero-order valence-corrected chi connectivity index (χ0v) is 32.1. The Bertz CT molecular complexity index is 3260. The molecule has 0 aliphatic carbocycles. The Hall–Kier alpha value is -7.95. The van der Waals surface area contributed by atoms with Gasteiger partial charge in [-0.05, 0) is 68.9 Å². The fourth-order valence-electron chi connectivity index (χ4n) is 8.50. The second kappa shape index (κ2) is 14.5. The highest BCUT2D eigenvalue weighted by Gasteiger charge is 2.22. The summed E-state index contributed by atoms with van der Waals surface area (Å²) in [6.45, 7) is 0. The molecular formula is C55H36N4. The monoisotopic (exact) mass is 752 g/mol. The first-order valence-corrected chi connectivity index (χ1v) is 19.9. The van der Waals surface area contributed by atoms with Gasteiger partial charge >= 0.3 is 0 Å². The van der Waals surface area contributed by atoms with Gasteiger partial charge in [0, 0.05) is 33.0 Å². The number of hydrogen-bond donors (Lipinski definition) is 0. The average Bonchev–Trinajstić information content (AvgIpc) is 3.66. The molecule has 11 aromatic rings. The van der Waals surface area contributed by atoms with Crippen LogP contribution in [0.4, 0.5) is 0 Å². The first-order valence-electron chi connectivity index (χ1n) is 19.9. The van der Waals surface area contributed by atoms with E-state index in [4.69, 9.17) is 15.0 Å². The number of nitrogens with zero attached hydrogens (tertiary/aromatic N) is 4.